The molecule has 0 bridgehead atoms. The Hall–Kier alpha value is -0.790. The summed E-state index contributed by atoms with van der Waals surface area (Å²) in [4.78, 5) is 0. The van der Waals surface area contributed by atoms with Crippen LogP contribution in [-0.2, 0) is 19.5 Å². The van der Waals surface area contributed by atoms with Crippen LogP contribution < -0.4 is 4.57 Å². The Labute approximate surface area is 196 Å². The minimum absolute atomic E-state index is 1.20. The number of nitrogens with zero attached hydrogens (tertiary/aromatic N) is 2. The summed E-state index contributed by atoms with van der Waals surface area (Å²) in [6.07, 6.45) is 34.2. The molecular formula is C29H57N2+. The molecule has 0 aliphatic carbocycles. The van der Waals surface area contributed by atoms with E-state index in [1.807, 2.05) is 0 Å². The topological polar surface area (TPSA) is 8.81 Å². The van der Waals surface area contributed by atoms with Gasteiger partial charge in [0.25, 0.3) is 5.82 Å². The largest absolute Gasteiger partial charge is 0.256 e. The lowest BCUT2D eigenvalue weighted by Crippen LogP contribution is -2.37. The molecule has 0 amide bonds. The molecule has 0 saturated heterocycles. The van der Waals surface area contributed by atoms with Crippen LogP contribution in [0.25, 0.3) is 0 Å². The third-order valence-corrected chi connectivity index (χ3v) is 6.85. The van der Waals surface area contributed by atoms with Crippen molar-refractivity contribution in [1.82, 2.24) is 4.57 Å². The smallest absolute Gasteiger partial charge is 0.234 e. The van der Waals surface area contributed by atoms with E-state index in [-0.39, 0.29) is 0 Å². The van der Waals surface area contributed by atoms with Crippen molar-refractivity contribution in [2.45, 2.75) is 169 Å². The van der Waals surface area contributed by atoms with Crippen molar-refractivity contribution in [3.63, 3.8) is 0 Å². The summed E-state index contributed by atoms with van der Waals surface area (Å²) in [6, 6.07) is 0. The van der Waals surface area contributed by atoms with Gasteiger partial charge in [-0.15, -0.1) is 0 Å². The molecule has 182 valence electrons. The van der Waals surface area contributed by atoms with Gasteiger partial charge in [0.05, 0.1) is 13.1 Å². The second-order valence-electron chi connectivity index (χ2n) is 9.86. The number of rotatable bonds is 23. The number of hydrogen-bond acceptors (Lipinski definition) is 0. The van der Waals surface area contributed by atoms with Gasteiger partial charge in [0, 0.05) is 6.42 Å². The first-order valence-electron chi connectivity index (χ1n) is 14.4. The normalized spacial score (nSPS) is 11.5. The summed E-state index contributed by atoms with van der Waals surface area (Å²) in [7, 11) is 0. The van der Waals surface area contributed by atoms with Crippen LogP contribution in [0.1, 0.15) is 155 Å². The number of hydrogen-bond donors (Lipinski definition) is 0. The maximum Gasteiger partial charge on any atom is 0.256 e. The summed E-state index contributed by atoms with van der Waals surface area (Å²) in [5.74, 6) is 1.58. The Bertz CT molecular complexity index is 491. The molecule has 1 rings (SSSR count). The summed E-state index contributed by atoms with van der Waals surface area (Å²) in [5, 5.41) is 0. The molecule has 0 fully saturated rings. The van der Waals surface area contributed by atoms with Gasteiger partial charge in [-0.1, -0.05) is 124 Å². The van der Waals surface area contributed by atoms with Gasteiger partial charge in [-0.05, 0) is 25.7 Å². The zero-order valence-corrected chi connectivity index (χ0v) is 21.8. The Balaban J connectivity index is 2.06. The average molecular weight is 434 g/mol. The van der Waals surface area contributed by atoms with Crippen LogP contribution in [0.4, 0.5) is 0 Å². The van der Waals surface area contributed by atoms with Gasteiger partial charge in [0.1, 0.15) is 12.4 Å². The maximum atomic E-state index is 2.55. The van der Waals surface area contributed by atoms with Gasteiger partial charge in [0.2, 0.25) is 0 Å². The Morgan fingerprint density at radius 3 is 1.52 bits per heavy atom. The molecule has 0 saturated carbocycles. The quantitative estimate of drug-likeness (QED) is 0.120. The molecule has 0 spiro atoms. The highest BCUT2D eigenvalue weighted by atomic mass is 15.1. The molecule has 0 aliphatic heterocycles. The lowest BCUT2D eigenvalue weighted by atomic mass is 10.0. The summed E-state index contributed by atoms with van der Waals surface area (Å²) in [6.45, 7) is 9.31. The molecule has 0 N–H and O–H groups in total. The number of imidazole rings is 1. The predicted octanol–water partition coefficient (Wildman–Crippen LogP) is 9.18. The van der Waals surface area contributed by atoms with Gasteiger partial charge >= 0.3 is 0 Å². The molecule has 0 unspecified atom stereocenters. The lowest BCUT2D eigenvalue weighted by molar-refractivity contribution is -0.704. The van der Waals surface area contributed by atoms with Crippen LogP contribution in [0, 0.1) is 0 Å². The molecule has 2 nitrogen and oxygen atoms in total. The average Bonchev–Trinajstić information content (AvgIpc) is 3.16. The second kappa shape index (κ2) is 21.1. The van der Waals surface area contributed by atoms with E-state index in [0.29, 0.717) is 0 Å². The molecule has 1 aromatic heterocycles. The van der Waals surface area contributed by atoms with Crippen molar-refractivity contribution in [3.8, 4) is 0 Å². The fraction of sp³-hybridized carbons (Fsp3) is 0.897. The van der Waals surface area contributed by atoms with Crippen molar-refractivity contribution in [3.05, 3.63) is 18.2 Å². The zero-order valence-electron chi connectivity index (χ0n) is 21.8. The molecular weight excluding hydrogens is 376 g/mol. The van der Waals surface area contributed by atoms with E-state index in [1.165, 1.54) is 148 Å². The number of aryl methyl sites for hydroxylation is 2. The maximum absolute atomic E-state index is 2.55. The van der Waals surface area contributed by atoms with Crippen LogP contribution >= 0.6 is 0 Å². The van der Waals surface area contributed by atoms with E-state index in [4.69, 9.17) is 0 Å². The monoisotopic (exact) mass is 433 g/mol. The highest BCUT2D eigenvalue weighted by molar-refractivity contribution is 4.84. The molecule has 0 aliphatic rings. The summed E-state index contributed by atoms with van der Waals surface area (Å²) < 4.78 is 5.09. The first-order valence-corrected chi connectivity index (χ1v) is 14.4. The second-order valence-corrected chi connectivity index (χ2v) is 9.86. The number of unbranched alkanes of at least 4 members (excludes halogenated alkanes) is 17. The van der Waals surface area contributed by atoms with Crippen molar-refractivity contribution < 1.29 is 4.57 Å². The van der Waals surface area contributed by atoms with Crippen molar-refractivity contribution >= 4 is 0 Å². The van der Waals surface area contributed by atoms with Crippen molar-refractivity contribution in [2.24, 2.45) is 0 Å². The fourth-order valence-electron chi connectivity index (χ4n) is 4.71. The Morgan fingerprint density at radius 2 is 1.00 bits per heavy atom. The van der Waals surface area contributed by atoms with Gasteiger partial charge in [-0.2, -0.15) is 0 Å². The molecule has 31 heavy (non-hydrogen) atoms. The van der Waals surface area contributed by atoms with E-state index < -0.39 is 0 Å². The first-order chi connectivity index (χ1) is 15.3. The lowest BCUT2D eigenvalue weighted by Gasteiger charge is -2.06. The number of aromatic nitrogens is 2. The molecule has 0 aromatic carbocycles. The third kappa shape index (κ3) is 14.8. The third-order valence-electron chi connectivity index (χ3n) is 6.85. The SMILES string of the molecule is CCCCCCCCCCCCCCCCCc1n(CCCCC)cc[n+]1CCCC. The summed E-state index contributed by atoms with van der Waals surface area (Å²) in [5.41, 5.74) is 0. The van der Waals surface area contributed by atoms with Gasteiger partial charge in [-0.3, -0.25) is 0 Å². The highest BCUT2D eigenvalue weighted by Gasteiger charge is 2.16. The van der Waals surface area contributed by atoms with E-state index in [9.17, 15) is 0 Å². The van der Waals surface area contributed by atoms with Crippen molar-refractivity contribution in [1.29, 1.82) is 0 Å². The van der Waals surface area contributed by atoms with E-state index >= 15 is 0 Å². The van der Waals surface area contributed by atoms with Crippen LogP contribution in [0.2, 0.25) is 0 Å². The fourth-order valence-corrected chi connectivity index (χ4v) is 4.71. The van der Waals surface area contributed by atoms with E-state index in [0.717, 1.165) is 0 Å². The molecule has 1 aromatic rings. The molecule has 2 heteroatoms. The van der Waals surface area contributed by atoms with Gasteiger partial charge in [0.15, 0.2) is 0 Å². The van der Waals surface area contributed by atoms with Crippen LogP contribution in [0.3, 0.4) is 0 Å². The van der Waals surface area contributed by atoms with E-state index in [1.54, 1.807) is 5.82 Å². The Kier molecular flexibility index (Phi) is 19.2. The predicted molar refractivity (Wildman–Crippen MR) is 138 cm³/mol. The highest BCUT2D eigenvalue weighted by Crippen LogP contribution is 2.14. The standard InChI is InChI=1S/C29H57N2/c1-4-7-10-11-12-13-14-15-16-17-18-19-20-21-22-24-29-30(25-9-6-3)27-28-31(29)26-23-8-5-2/h27-28H,4-26H2,1-3H3/q+1. The van der Waals surface area contributed by atoms with Gasteiger partial charge < -0.3 is 0 Å². The Morgan fingerprint density at radius 1 is 0.548 bits per heavy atom. The van der Waals surface area contributed by atoms with Crippen molar-refractivity contribution in [2.75, 3.05) is 0 Å². The van der Waals surface area contributed by atoms with Crippen LogP contribution in [-0.4, -0.2) is 4.57 Å². The minimum Gasteiger partial charge on any atom is -0.234 e. The molecule has 0 atom stereocenters. The zero-order chi connectivity index (χ0) is 22.4. The van der Waals surface area contributed by atoms with E-state index in [2.05, 4.69) is 42.3 Å². The molecule has 0 radical (unpaired) electrons. The van der Waals surface area contributed by atoms with Gasteiger partial charge in [-0.25, -0.2) is 9.13 Å². The first kappa shape index (κ1) is 28.2. The van der Waals surface area contributed by atoms with Crippen LogP contribution in [0.15, 0.2) is 12.4 Å². The van der Waals surface area contributed by atoms with Crippen LogP contribution in [0.5, 0.6) is 0 Å². The summed E-state index contributed by atoms with van der Waals surface area (Å²) >= 11 is 0. The molecule has 1 heterocycles. The minimum atomic E-state index is 1.20.